The number of nitrogens with two attached hydrogens (primary N) is 1. The third-order valence-electron chi connectivity index (χ3n) is 7.26. The van der Waals surface area contributed by atoms with Crippen molar-refractivity contribution in [3.63, 3.8) is 0 Å². The van der Waals surface area contributed by atoms with Crippen LogP contribution in [0, 0.1) is 5.92 Å². The maximum Gasteiger partial charge on any atom is 0.326 e. The number of carbonyl (C=O) groups is 3. The van der Waals surface area contributed by atoms with Gasteiger partial charge in [-0.15, -0.1) is 0 Å². The van der Waals surface area contributed by atoms with E-state index in [0.717, 1.165) is 31.2 Å². The minimum absolute atomic E-state index is 0.0470. The summed E-state index contributed by atoms with van der Waals surface area (Å²) < 4.78 is 0. The SMILES string of the molecule is C[C@H](N[C@@H](CCc1ccccc1)C(=O)O)C(=O)N1[C@H](C(=O)O)C[C@H]2CCCC[C@@H]21.NC(CO)(CO)CO. The number of amides is 1. The van der Waals surface area contributed by atoms with Crippen molar-refractivity contribution in [3.8, 4) is 0 Å². The summed E-state index contributed by atoms with van der Waals surface area (Å²) >= 11 is 0. The second-order valence-electron chi connectivity index (χ2n) is 10.1. The highest BCUT2D eigenvalue weighted by Crippen LogP contribution is 2.40. The van der Waals surface area contributed by atoms with Crippen LogP contribution >= 0.6 is 0 Å². The largest absolute Gasteiger partial charge is 0.480 e. The van der Waals surface area contributed by atoms with Crippen LogP contribution in [0.3, 0.4) is 0 Å². The van der Waals surface area contributed by atoms with Gasteiger partial charge >= 0.3 is 11.9 Å². The Morgan fingerprint density at radius 3 is 2.16 bits per heavy atom. The van der Waals surface area contributed by atoms with Crippen LogP contribution in [-0.4, -0.2) is 97.8 Å². The molecule has 1 saturated heterocycles. The summed E-state index contributed by atoms with van der Waals surface area (Å²) in [6.07, 6.45) is 5.27. The molecule has 1 heterocycles. The number of benzene rings is 1. The summed E-state index contributed by atoms with van der Waals surface area (Å²) in [5.41, 5.74) is 4.97. The Balaban J connectivity index is 0.000000521. The standard InChI is InChI=1S/C22H30N2O5.C4H11NO3/c1-14(23-17(21(26)27)12-11-15-7-3-2-4-8-15)20(25)24-18-10-6-5-9-16(18)13-19(24)22(28)29;5-4(1-6,2-7)3-8/h2-4,7-8,14,16-19,23H,5-6,9-13H2,1H3,(H,26,27)(H,28,29);6-8H,1-3,5H2/t14-,16+,17-,18-,19-;/m0./s1. The van der Waals surface area contributed by atoms with Crippen molar-refractivity contribution in [2.45, 2.75) is 81.6 Å². The molecule has 11 nitrogen and oxygen atoms in total. The van der Waals surface area contributed by atoms with Gasteiger partial charge in [0.1, 0.15) is 12.1 Å². The molecular formula is C26H41N3O8. The molecule has 11 heteroatoms. The van der Waals surface area contributed by atoms with Gasteiger partial charge in [0.25, 0.3) is 0 Å². The molecule has 1 aromatic rings. The number of aryl methyl sites for hydroxylation is 1. The van der Waals surface area contributed by atoms with Crippen LogP contribution in [0.4, 0.5) is 0 Å². The molecule has 0 radical (unpaired) electrons. The van der Waals surface area contributed by atoms with Gasteiger partial charge in [-0.1, -0.05) is 43.2 Å². The monoisotopic (exact) mass is 523 g/mol. The normalized spacial score (nSPS) is 22.8. The molecule has 1 aromatic carbocycles. The van der Waals surface area contributed by atoms with Crippen molar-refractivity contribution in [1.29, 1.82) is 0 Å². The molecule has 0 spiro atoms. The summed E-state index contributed by atoms with van der Waals surface area (Å²) in [6.45, 7) is 0.426. The van der Waals surface area contributed by atoms with E-state index in [9.17, 15) is 24.6 Å². The predicted octanol–water partition coefficient (Wildman–Crippen LogP) is -0.0444. The van der Waals surface area contributed by atoms with E-state index in [-0.39, 0.29) is 17.9 Å². The van der Waals surface area contributed by atoms with Gasteiger partial charge in [0.15, 0.2) is 0 Å². The fourth-order valence-electron chi connectivity index (χ4n) is 4.98. The first kappa shape index (κ1) is 30.7. The smallest absolute Gasteiger partial charge is 0.326 e. The fourth-order valence-corrected chi connectivity index (χ4v) is 4.98. The summed E-state index contributed by atoms with van der Waals surface area (Å²) in [5, 5.41) is 47.2. The summed E-state index contributed by atoms with van der Waals surface area (Å²) in [6, 6.07) is 7.12. The Morgan fingerprint density at radius 1 is 1.05 bits per heavy atom. The van der Waals surface area contributed by atoms with E-state index in [2.05, 4.69) is 5.32 Å². The van der Waals surface area contributed by atoms with Gasteiger partial charge in [-0.3, -0.25) is 14.9 Å². The van der Waals surface area contributed by atoms with Gasteiger partial charge in [0.2, 0.25) is 5.91 Å². The molecule has 2 fully saturated rings. The molecule has 8 N–H and O–H groups in total. The van der Waals surface area contributed by atoms with E-state index in [4.69, 9.17) is 21.1 Å². The average Bonchev–Trinajstić information content (AvgIpc) is 3.31. The number of nitrogens with one attached hydrogen (secondary N) is 1. The lowest BCUT2D eigenvalue weighted by Gasteiger charge is -2.35. The molecule has 1 amide bonds. The summed E-state index contributed by atoms with van der Waals surface area (Å²) in [4.78, 5) is 38.2. The quantitative estimate of drug-likeness (QED) is 0.207. The fraction of sp³-hybridized carbons (Fsp3) is 0.654. The first-order chi connectivity index (χ1) is 17.6. The number of carboxylic acids is 2. The highest BCUT2D eigenvalue weighted by molar-refractivity contribution is 5.88. The third kappa shape index (κ3) is 8.47. The molecule has 0 bridgehead atoms. The molecule has 1 aliphatic heterocycles. The third-order valence-corrected chi connectivity index (χ3v) is 7.26. The Morgan fingerprint density at radius 2 is 1.65 bits per heavy atom. The zero-order valence-corrected chi connectivity index (χ0v) is 21.3. The minimum atomic E-state index is -1.21. The van der Waals surface area contributed by atoms with Crippen LogP contribution in [0.5, 0.6) is 0 Å². The van der Waals surface area contributed by atoms with Gasteiger partial charge in [0, 0.05) is 6.04 Å². The van der Waals surface area contributed by atoms with Crippen molar-refractivity contribution in [3.05, 3.63) is 35.9 Å². The van der Waals surface area contributed by atoms with Crippen LogP contribution in [0.15, 0.2) is 30.3 Å². The number of fused-ring (bicyclic) bond motifs is 1. The van der Waals surface area contributed by atoms with E-state index >= 15 is 0 Å². The second-order valence-corrected chi connectivity index (χ2v) is 10.1. The number of aliphatic carboxylic acids is 2. The molecule has 0 unspecified atom stereocenters. The Kier molecular flexibility index (Phi) is 11.9. The van der Waals surface area contributed by atoms with E-state index < -0.39 is 55.4 Å². The van der Waals surface area contributed by atoms with Crippen molar-refractivity contribution in [2.24, 2.45) is 11.7 Å². The van der Waals surface area contributed by atoms with Crippen molar-refractivity contribution in [2.75, 3.05) is 19.8 Å². The number of nitrogens with zero attached hydrogens (tertiary/aromatic N) is 1. The van der Waals surface area contributed by atoms with E-state index in [0.29, 0.717) is 19.3 Å². The van der Waals surface area contributed by atoms with E-state index in [1.165, 1.54) is 4.90 Å². The lowest BCUT2D eigenvalue weighted by molar-refractivity contribution is -0.151. The molecule has 208 valence electrons. The zero-order chi connectivity index (χ0) is 27.6. The molecule has 3 rings (SSSR count). The highest BCUT2D eigenvalue weighted by atomic mass is 16.4. The average molecular weight is 524 g/mol. The summed E-state index contributed by atoms with van der Waals surface area (Å²) in [5.74, 6) is -2.06. The van der Waals surface area contributed by atoms with Gasteiger partial charge in [-0.25, -0.2) is 4.79 Å². The number of likely N-dealkylation sites (tertiary alicyclic amines) is 1. The van der Waals surface area contributed by atoms with E-state index in [1.807, 2.05) is 30.3 Å². The van der Waals surface area contributed by atoms with Crippen molar-refractivity contribution >= 4 is 17.8 Å². The minimum Gasteiger partial charge on any atom is -0.480 e. The van der Waals surface area contributed by atoms with Crippen molar-refractivity contribution < 1.29 is 39.9 Å². The number of hydrogen-bond donors (Lipinski definition) is 7. The van der Waals surface area contributed by atoms with Crippen molar-refractivity contribution in [1.82, 2.24) is 10.2 Å². The first-order valence-corrected chi connectivity index (χ1v) is 12.8. The first-order valence-electron chi connectivity index (χ1n) is 12.8. The van der Waals surface area contributed by atoms with Crippen LogP contribution in [0.25, 0.3) is 0 Å². The number of carbonyl (C=O) groups excluding carboxylic acids is 1. The Labute approximate surface area is 217 Å². The van der Waals surface area contributed by atoms with Gasteiger partial charge in [-0.05, 0) is 50.5 Å². The Bertz CT molecular complexity index is 872. The lowest BCUT2D eigenvalue weighted by Crippen LogP contribution is -2.55. The maximum absolute atomic E-state index is 13.2. The van der Waals surface area contributed by atoms with Gasteiger partial charge < -0.3 is 36.2 Å². The van der Waals surface area contributed by atoms with Crippen LogP contribution < -0.4 is 11.1 Å². The zero-order valence-electron chi connectivity index (χ0n) is 21.3. The maximum atomic E-state index is 13.2. The second kappa shape index (κ2) is 14.4. The molecule has 2 aliphatic rings. The molecule has 37 heavy (non-hydrogen) atoms. The van der Waals surface area contributed by atoms with E-state index in [1.54, 1.807) is 6.92 Å². The van der Waals surface area contributed by atoms with Gasteiger partial charge in [-0.2, -0.15) is 0 Å². The number of aliphatic hydroxyl groups excluding tert-OH is 3. The molecular weight excluding hydrogens is 482 g/mol. The number of hydrogen-bond acceptors (Lipinski definition) is 8. The van der Waals surface area contributed by atoms with Crippen LogP contribution in [-0.2, 0) is 20.8 Å². The molecule has 1 aliphatic carbocycles. The number of rotatable bonds is 11. The molecule has 5 atom stereocenters. The highest BCUT2D eigenvalue weighted by Gasteiger charge is 2.48. The summed E-state index contributed by atoms with van der Waals surface area (Å²) in [7, 11) is 0. The Hall–Kier alpha value is -2.57. The molecule has 0 aromatic heterocycles. The number of aliphatic hydroxyl groups is 3. The molecule has 1 saturated carbocycles. The van der Waals surface area contributed by atoms with Crippen LogP contribution in [0.1, 0.15) is 51.0 Å². The van der Waals surface area contributed by atoms with Gasteiger partial charge in [0.05, 0.1) is 31.4 Å². The lowest BCUT2D eigenvalue weighted by atomic mass is 9.84. The number of carboxylic acid groups (broad SMARTS) is 2. The topological polar surface area (TPSA) is 194 Å². The van der Waals surface area contributed by atoms with Crippen LogP contribution in [0.2, 0.25) is 0 Å². The predicted molar refractivity (Wildman–Crippen MR) is 136 cm³/mol.